The summed E-state index contributed by atoms with van der Waals surface area (Å²) in [6, 6.07) is 9.00. The number of thiophene rings is 1. The molecule has 1 atom stereocenters. The monoisotopic (exact) mass is 279 g/mol. The number of nitrogens with one attached hydrogen (secondary N) is 1. The Kier molecular flexibility index (Phi) is 4.93. The molecule has 0 amide bonds. The fourth-order valence-electron chi connectivity index (χ4n) is 2.08. The van der Waals surface area contributed by atoms with Gasteiger partial charge in [-0.25, -0.2) is 4.39 Å². The molecule has 102 valence electrons. The van der Waals surface area contributed by atoms with Crippen LogP contribution in [0, 0.1) is 5.82 Å². The van der Waals surface area contributed by atoms with Gasteiger partial charge in [0.05, 0.1) is 7.11 Å². The van der Waals surface area contributed by atoms with E-state index in [-0.39, 0.29) is 11.9 Å². The minimum absolute atomic E-state index is 0.0730. The predicted molar refractivity (Wildman–Crippen MR) is 77.4 cm³/mol. The van der Waals surface area contributed by atoms with Gasteiger partial charge in [-0.3, -0.25) is 0 Å². The van der Waals surface area contributed by atoms with Gasteiger partial charge >= 0.3 is 0 Å². The lowest BCUT2D eigenvalue weighted by molar-refractivity contribution is 0.394. The molecule has 0 radical (unpaired) electrons. The Balaban J connectivity index is 1.97. The van der Waals surface area contributed by atoms with Crippen molar-refractivity contribution in [2.75, 3.05) is 13.7 Å². The van der Waals surface area contributed by atoms with Crippen LogP contribution in [0.4, 0.5) is 4.39 Å². The van der Waals surface area contributed by atoms with E-state index in [1.54, 1.807) is 30.6 Å². The zero-order valence-corrected chi connectivity index (χ0v) is 12.0. The quantitative estimate of drug-likeness (QED) is 0.868. The predicted octanol–water partition coefficient (Wildman–Crippen LogP) is 3.79. The normalized spacial score (nSPS) is 12.4. The molecule has 0 aliphatic rings. The van der Waals surface area contributed by atoms with E-state index < -0.39 is 0 Å². The van der Waals surface area contributed by atoms with Crippen molar-refractivity contribution in [3.05, 3.63) is 52.0 Å². The van der Waals surface area contributed by atoms with Crippen LogP contribution in [0.2, 0.25) is 0 Å². The summed E-state index contributed by atoms with van der Waals surface area (Å²) in [5.41, 5.74) is 0.594. The van der Waals surface area contributed by atoms with E-state index in [2.05, 4.69) is 16.8 Å². The van der Waals surface area contributed by atoms with Gasteiger partial charge in [0.1, 0.15) is 11.6 Å². The third kappa shape index (κ3) is 3.55. The molecular weight excluding hydrogens is 261 g/mol. The van der Waals surface area contributed by atoms with Crippen LogP contribution in [0.15, 0.2) is 35.7 Å². The Hall–Kier alpha value is -1.39. The smallest absolute Gasteiger partial charge is 0.131 e. The average molecular weight is 279 g/mol. The molecule has 1 N–H and O–H groups in total. The van der Waals surface area contributed by atoms with Gasteiger partial charge in [0, 0.05) is 23.0 Å². The third-order valence-electron chi connectivity index (χ3n) is 3.07. The highest BCUT2D eigenvalue weighted by atomic mass is 32.1. The average Bonchev–Trinajstić information content (AvgIpc) is 2.91. The van der Waals surface area contributed by atoms with Crippen molar-refractivity contribution >= 4 is 11.3 Å². The molecule has 0 bridgehead atoms. The molecule has 0 saturated heterocycles. The molecule has 1 aromatic carbocycles. The van der Waals surface area contributed by atoms with Crippen LogP contribution in [0.5, 0.6) is 5.75 Å². The number of hydrogen-bond donors (Lipinski definition) is 1. The lowest BCUT2D eigenvalue weighted by atomic mass is 10.1. The van der Waals surface area contributed by atoms with Crippen molar-refractivity contribution in [1.29, 1.82) is 0 Å². The zero-order chi connectivity index (χ0) is 13.7. The standard InChI is InChI=1S/C15H18FNOS/c1-11(17-9-8-12-5-4-10-19-12)15-13(16)6-3-7-14(15)18-2/h3-7,10-11,17H,8-9H2,1-2H3. The second kappa shape index (κ2) is 6.68. The van der Waals surface area contributed by atoms with E-state index in [1.807, 2.05) is 13.0 Å². The van der Waals surface area contributed by atoms with Crippen molar-refractivity contribution in [2.45, 2.75) is 19.4 Å². The second-order valence-corrected chi connectivity index (χ2v) is 5.39. The van der Waals surface area contributed by atoms with Crippen LogP contribution in [0.25, 0.3) is 0 Å². The molecule has 1 heterocycles. The van der Waals surface area contributed by atoms with E-state index in [9.17, 15) is 4.39 Å². The Labute approximate surface area is 117 Å². The van der Waals surface area contributed by atoms with E-state index in [0.717, 1.165) is 13.0 Å². The van der Waals surface area contributed by atoms with Gasteiger partial charge in [-0.2, -0.15) is 0 Å². The van der Waals surface area contributed by atoms with Gasteiger partial charge in [0.15, 0.2) is 0 Å². The summed E-state index contributed by atoms with van der Waals surface area (Å²) in [4.78, 5) is 1.33. The number of methoxy groups -OCH3 is 1. The van der Waals surface area contributed by atoms with E-state index in [1.165, 1.54) is 10.9 Å². The molecular formula is C15H18FNOS. The summed E-state index contributed by atoms with van der Waals surface area (Å²) in [7, 11) is 1.57. The first kappa shape index (κ1) is 14.0. The van der Waals surface area contributed by atoms with Crippen LogP contribution in [0.1, 0.15) is 23.4 Å². The molecule has 0 spiro atoms. The molecule has 1 unspecified atom stereocenters. The lowest BCUT2D eigenvalue weighted by Crippen LogP contribution is -2.22. The molecule has 1 aromatic heterocycles. The van der Waals surface area contributed by atoms with Crippen LogP contribution in [-0.2, 0) is 6.42 Å². The van der Waals surface area contributed by atoms with Gasteiger partial charge in [-0.05, 0) is 36.9 Å². The SMILES string of the molecule is COc1cccc(F)c1C(C)NCCc1cccs1. The summed E-state index contributed by atoms with van der Waals surface area (Å²) in [6.07, 6.45) is 0.957. The molecule has 19 heavy (non-hydrogen) atoms. The van der Waals surface area contributed by atoms with Crippen molar-refractivity contribution in [3.63, 3.8) is 0 Å². The Bertz CT molecular complexity index is 513. The maximum absolute atomic E-state index is 13.9. The van der Waals surface area contributed by atoms with E-state index in [4.69, 9.17) is 4.74 Å². The van der Waals surface area contributed by atoms with E-state index in [0.29, 0.717) is 11.3 Å². The minimum atomic E-state index is -0.226. The fourth-order valence-corrected chi connectivity index (χ4v) is 2.79. The highest BCUT2D eigenvalue weighted by molar-refractivity contribution is 7.09. The summed E-state index contributed by atoms with van der Waals surface area (Å²) in [5, 5.41) is 5.41. The highest BCUT2D eigenvalue weighted by Gasteiger charge is 2.15. The topological polar surface area (TPSA) is 21.3 Å². The molecule has 0 aliphatic carbocycles. The van der Waals surface area contributed by atoms with Gasteiger partial charge in [0.25, 0.3) is 0 Å². The molecule has 2 rings (SSSR count). The summed E-state index contributed by atoms with van der Waals surface area (Å²) in [6.45, 7) is 2.77. The van der Waals surface area contributed by atoms with Gasteiger partial charge < -0.3 is 10.1 Å². The number of rotatable bonds is 6. The van der Waals surface area contributed by atoms with Gasteiger partial charge in [0.2, 0.25) is 0 Å². The molecule has 0 saturated carbocycles. The van der Waals surface area contributed by atoms with Gasteiger partial charge in [-0.1, -0.05) is 12.1 Å². The molecule has 2 aromatic rings. The lowest BCUT2D eigenvalue weighted by Gasteiger charge is -2.17. The summed E-state index contributed by atoms with van der Waals surface area (Å²) in [5.74, 6) is 0.367. The Morgan fingerprint density at radius 1 is 1.32 bits per heavy atom. The summed E-state index contributed by atoms with van der Waals surface area (Å²) >= 11 is 1.74. The van der Waals surface area contributed by atoms with Crippen molar-refractivity contribution < 1.29 is 9.13 Å². The summed E-state index contributed by atoms with van der Waals surface area (Å²) < 4.78 is 19.1. The molecule has 4 heteroatoms. The van der Waals surface area contributed by atoms with Crippen LogP contribution in [-0.4, -0.2) is 13.7 Å². The van der Waals surface area contributed by atoms with Crippen LogP contribution in [0.3, 0.4) is 0 Å². The highest BCUT2D eigenvalue weighted by Crippen LogP contribution is 2.27. The molecule has 0 fully saturated rings. The Morgan fingerprint density at radius 2 is 2.16 bits per heavy atom. The van der Waals surface area contributed by atoms with Crippen molar-refractivity contribution in [1.82, 2.24) is 5.32 Å². The zero-order valence-electron chi connectivity index (χ0n) is 11.2. The minimum Gasteiger partial charge on any atom is -0.496 e. The maximum atomic E-state index is 13.9. The number of benzene rings is 1. The second-order valence-electron chi connectivity index (χ2n) is 4.36. The van der Waals surface area contributed by atoms with Crippen LogP contribution >= 0.6 is 11.3 Å². The van der Waals surface area contributed by atoms with Crippen molar-refractivity contribution in [3.8, 4) is 5.75 Å². The first-order chi connectivity index (χ1) is 9.22. The third-order valence-corrected chi connectivity index (χ3v) is 4.00. The maximum Gasteiger partial charge on any atom is 0.131 e. The number of ether oxygens (including phenoxy) is 1. The molecule has 0 aliphatic heterocycles. The first-order valence-corrected chi connectivity index (χ1v) is 7.18. The van der Waals surface area contributed by atoms with E-state index >= 15 is 0 Å². The molecule has 2 nitrogen and oxygen atoms in total. The van der Waals surface area contributed by atoms with Crippen molar-refractivity contribution in [2.24, 2.45) is 0 Å². The largest absolute Gasteiger partial charge is 0.496 e. The Morgan fingerprint density at radius 3 is 2.84 bits per heavy atom. The van der Waals surface area contributed by atoms with Crippen LogP contribution < -0.4 is 10.1 Å². The fraction of sp³-hybridized carbons (Fsp3) is 0.333. The number of halogens is 1. The number of hydrogen-bond acceptors (Lipinski definition) is 3. The van der Waals surface area contributed by atoms with Gasteiger partial charge in [-0.15, -0.1) is 11.3 Å². The first-order valence-electron chi connectivity index (χ1n) is 6.30.